The lowest BCUT2D eigenvalue weighted by Crippen LogP contribution is -2.45. The highest BCUT2D eigenvalue weighted by Gasteiger charge is 2.26. The molecule has 0 aliphatic rings. The summed E-state index contributed by atoms with van der Waals surface area (Å²) in [7, 11) is 0. The van der Waals surface area contributed by atoms with Gasteiger partial charge in [0.05, 0.1) is 18.8 Å². The van der Waals surface area contributed by atoms with Crippen LogP contribution in [-0.2, 0) is 0 Å². The van der Waals surface area contributed by atoms with Crippen LogP contribution in [0.15, 0.2) is 18.3 Å². The fraction of sp³-hybridized carbons (Fsp3) is 0.545. The Morgan fingerprint density at radius 3 is 2.40 bits per heavy atom. The number of aliphatic hydroxyl groups is 2. The number of nitrogens with zero attached hydrogens (tertiary/aromatic N) is 1. The fourth-order valence-corrected chi connectivity index (χ4v) is 1.25. The molecular weight excluding hydrogens is 192 g/mol. The molecule has 0 aromatic carbocycles. The lowest BCUT2D eigenvalue weighted by molar-refractivity contribution is 0.132. The van der Waals surface area contributed by atoms with Gasteiger partial charge in [-0.25, -0.2) is 4.98 Å². The lowest BCUT2D eigenvalue weighted by atomic mass is 9.98. The quantitative estimate of drug-likeness (QED) is 0.676. The number of hydrogen-bond donors (Lipinski definition) is 3. The van der Waals surface area contributed by atoms with Crippen molar-refractivity contribution in [3.8, 4) is 0 Å². The average Bonchev–Trinajstić information content (AvgIpc) is 2.29. The topological polar surface area (TPSA) is 65.4 Å². The molecule has 1 heterocycles. The van der Waals surface area contributed by atoms with Crippen molar-refractivity contribution in [3.05, 3.63) is 23.9 Å². The van der Waals surface area contributed by atoms with E-state index in [0.717, 1.165) is 5.56 Å². The molecule has 84 valence electrons. The Hall–Kier alpha value is -1.13. The third kappa shape index (κ3) is 2.91. The first kappa shape index (κ1) is 11.9. The Labute approximate surface area is 90.0 Å². The van der Waals surface area contributed by atoms with Gasteiger partial charge in [-0.05, 0) is 25.0 Å². The molecule has 0 unspecified atom stereocenters. The number of aromatic nitrogens is 1. The number of rotatable bonds is 5. The Morgan fingerprint density at radius 2 is 2.00 bits per heavy atom. The minimum atomic E-state index is -0.678. The molecule has 0 amide bonds. The van der Waals surface area contributed by atoms with Crippen molar-refractivity contribution in [1.29, 1.82) is 0 Å². The Balaban J connectivity index is 2.78. The van der Waals surface area contributed by atoms with Crippen LogP contribution in [0.1, 0.15) is 18.9 Å². The van der Waals surface area contributed by atoms with Crippen molar-refractivity contribution in [3.63, 3.8) is 0 Å². The van der Waals surface area contributed by atoms with E-state index in [9.17, 15) is 10.2 Å². The van der Waals surface area contributed by atoms with Crippen LogP contribution in [0.25, 0.3) is 0 Å². The average molecular weight is 210 g/mol. The summed E-state index contributed by atoms with van der Waals surface area (Å²) in [6.45, 7) is 3.64. The SMILES string of the molecule is CCC(CO)(CO)Nc1ccc(C)cn1. The van der Waals surface area contributed by atoms with Gasteiger partial charge in [0.25, 0.3) is 0 Å². The summed E-state index contributed by atoms with van der Waals surface area (Å²) < 4.78 is 0. The van der Waals surface area contributed by atoms with Crippen LogP contribution in [-0.4, -0.2) is 33.9 Å². The molecule has 15 heavy (non-hydrogen) atoms. The van der Waals surface area contributed by atoms with Crippen LogP contribution in [0.4, 0.5) is 5.82 Å². The van der Waals surface area contributed by atoms with Gasteiger partial charge in [0.1, 0.15) is 5.82 Å². The second-order valence-corrected chi connectivity index (χ2v) is 3.80. The van der Waals surface area contributed by atoms with E-state index < -0.39 is 5.54 Å². The third-order valence-corrected chi connectivity index (χ3v) is 2.59. The van der Waals surface area contributed by atoms with Crippen LogP contribution >= 0.6 is 0 Å². The highest BCUT2D eigenvalue weighted by Crippen LogP contribution is 2.16. The van der Waals surface area contributed by atoms with Gasteiger partial charge in [-0.15, -0.1) is 0 Å². The first-order valence-electron chi connectivity index (χ1n) is 5.08. The zero-order valence-corrected chi connectivity index (χ0v) is 9.20. The van der Waals surface area contributed by atoms with Gasteiger partial charge in [-0.1, -0.05) is 13.0 Å². The number of aliphatic hydroxyl groups excluding tert-OH is 2. The molecule has 0 saturated heterocycles. The molecule has 0 fully saturated rings. The number of aryl methyl sites for hydroxylation is 1. The van der Waals surface area contributed by atoms with Crippen LogP contribution in [0.3, 0.4) is 0 Å². The molecule has 0 aliphatic carbocycles. The summed E-state index contributed by atoms with van der Waals surface area (Å²) in [5.41, 5.74) is 0.401. The highest BCUT2D eigenvalue weighted by atomic mass is 16.3. The number of anilines is 1. The van der Waals surface area contributed by atoms with Crippen molar-refractivity contribution in [1.82, 2.24) is 4.98 Å². The number of pyridine rings is 1. The van der Waals surface area contributed by atoms with Gasteiger partial charge in [0.2, 0.25) is 0 Å². The molecular formula is C11H18N2O2. The van der Waals surface area contributed by atoms with Crippen LogP contribution in [0.5, 0.6) is 0 Å². The van der Waals surface area contributed by atoms with E-state index >= 15 is 0 Å². The van der Waals surface area contributed by atoms with Crippen molar-refractivity contribution in [2.75, 3.05) is 18.5 Å². The molecule has 1 aromatic rings. The van der Waals surface area contributed by atoms with Crippen LogP contribution < -0.4 is 5.32 Å². The zero-order chi connectivity index (χ0) is 11.3. The molecule has 0 saturated carbocycles. The van der Waals surface area contributed by atoms with Gasteiger partial charge in [0.15, 0.2) is 0 Å². The van der Waals surface area contributed by atoms with E-state index in [-0.39, 0.29) is 13.2 Å². The summed E-state index contributed by atoms with van der Waals surface area (Å²) >= 11 is 0. The first-order chi connectivity index (χ1) is 7.15. The second kappa shape index (κ2) is 5.09. The smallest absolute Gasteiger partial charge is 0.126 e. The molecule has 3 N–H and O–H groups in total. The fourth-order valence-electron chi connectivity index (χ4n) is 1.25. The first-order valence-corrected chi connectivity index (χ1v) is 5.08. The number of hydrogen-bond acceptors (Lipinski definition) is 4. The van der Waals surface area contributed by atoms with Crippen molar-refractivity contribution in [2.24, 2.45) is 0 Å². The molecule has 1 rings (SSSR count). The third-order valence-electron chi connectivity index (χ3n) is 2.59. The predicted octanol–water partition coefficient (Wildman–Crippen LogP) is 0.935. The van der Waals surface area contributed by atoms with E-state index in [1.807, 2.05) is 26.0 Å². The van der Waals surface area contributed by atoms with Crippen LogP contribution in [0, 0.1) is 6.92 Å². The second-order valence-electron chi connectivity index (χ2n) is 3.80. The maximum Gasteiger partial charge on any atom is 0.126 e. The molecule has 4 heteroatoms. The van der Waals surface area contributed by atoms with Crippen molar-refractivity contribution < 1.29 is 10.2 Å². The van der Waals surface area contributed by atoms with E-state index in [1.165, 1.54) is 0 Å². The van der Waals surface area contributed by atoms with Gasteiger partial charge in [-0.2, -0.15) is 0 Å². The van der Waals surface area contributed by atoms with Gasteiger partial charge in [0, 0.05) is 6.20 Å². The highest BCUT2D eigenvalue weighted by molar-refractivity contribution is 5.38. The lowest BCUT2D eigenvalue weighted by Gasteiger charge is -2.30. The maximum atomic E-state index is 9.24. The van der Waals surface area contributed by atoms with E-state index in [0.29, 0.717) is 12.2 Å². The zero-order valence-electron chi connectivity index (χ0n) is 9.20. The molecule has 1 aromatic heterocycles. The number of nitrogens with one attached hydrogen (secondary N) is 1. The molecule has 0 spiro atoms. The summed E-state index contributed by atoms with van der Waals surface area (Å²) in [4.78, 5) is 4.17. The van der Waals surface area contributed by atoms with Crippen molar-refractivity contribution in [2.45, 2.75) is 25.8 Å². The maximum absolute atomic E-state index is 9.24. The van der Waals surface area contributed by atoms with E-state index in [2.05, 4.69) is 10.3 Å². The monoisotopic (exact) mass is 210 g/mol. The summed E-state index contributed by atoms with van der Waals surface area (Å²) in [5, 5.41) is 21.5. The minimum absolute atomic E-state index is 0.116. The minimum Gasteiger partial charge on any atom is -0.394 e. The van der Waals surface area contributed by atoms with Crippen LogP contribution in [0.2, 0.25) is 0 Å². The van der Waals surface area contributed by atoms with Crippen molar-refractivity contribution >= 4 is 5.82 Å². The summed E-state index contributed by atoms with van der Waals surface area (Å²) in [6, 6.07) is 3.77. The standard InChI is InChI=1S/C11H18N2O2/c1-3-11(7-14,8-15)13-10-5-4-9(2)6-12-10/h4-6,14-15H,3,7-8H2,1-2H3,(H,12,13). The molecule has 0 bridgehead atoms. The normalized spacial score (nSPS) is 11.5. The Morgan fingerprint density at radius 1 is 1.33 bits per heavy atom. The molecule has 0 atom stereocenters. The molecule has 0 aliphatic heterocycles. The summed E-state index contributed by atoms with van der Waals surface area (Å²) in [5.74, 6) is 0.672. The molecule has 0 radical (unpaired) electrons. The van der Waals surface area contributed by atoms with E-state index in [4.69, 9.17) is 0 Å². The van der Waals surface area contributed by atoms with Gasteiger partial charge in [-0.3, -0.25) is 0 Å². The van der Waals surface area contributed by atoms with E-state index in [1.54, 1.807) is 6.20 Å². The molecule has 4 nitrogen and oxygen atoms in total. The Kier molecular flexibility index (Phi) is 4.05. The van der Waals surface area contributed by atoms with Gasteiger partial charge >= 0.3 is 0 Å². The Bertz CT molecular complexity index is 286. The summed E-state index contributed by atoms with van der Waals surface area (Å²) in [6.07, 6.45) is 2.38. The van der Waals surface area contributed by atoms with Gasteiger partial charge < -0.3 is 15.5 Å². The largest absolute Gasteiger partial charge is 0.394 e. The predicted molar refractivity (Wildman–Crippen MR) is 59.8 cm³/mol.